The fraction of sp³-hybridized carbons (Fsp3) is 0.211. The summed E-state index contributed by atoms with van der Waals surface area (Å²) in [5, 5.41) is 18.7. The van der Waals surface area contributed by atoms with Gasteiger partial charge in [-0.05, 0) is 36.8 Å². The van der Waals surface area contributed by atoms with Crippen molar-refractivity contribution in [1.82, 2.24) is 0 Å². The van der Waals surface area contributed by atoms with E-state index in [0.717, 1.165) is 5.56 Å². The normalized spacial score (nSPS) is 11.2. The fourth-order valence-electron chi connectivity index (χ4n) is 2.33. The summed E-state index contributed by atoms with van der Waals surface area (Å²) in [4.78, 5) is 17.1. The Morgan fingerprint density at radius 2 is 1.80 bits per heavy atom. The number of carbonyl (C=O) groups excluding carboxylic acids is 1. The second-order valence-corrected chi connectivity index (χ2v) is 5.34. The molecule has 2 rings (SSSR count). The Balaban J connectivity index is 2.40. The average Bonchev–Trinajstić information content (AvgIpc) is 2.62. The van der Waals surface area contributed by atoms with E-state index in [4.69, 9.17) is 10.1 Å². The van der Waals surface area contributed by atoms with Crippen LogP contribution in [0.3, 0.4) is 0 Å². The van der Waals surface area contributed by atoms with Gasteiger partial charge in [-0.25, -0.2) is 0 Å². The molecule has 6 heteroatoms. The minimum absolute atomic E-state index is 0.264. The molecule has 0 atom stereocenters. The molecule has 0 aliphatic heterocycles. The molecule has 0 spiro atoms. The van der Waals surface area contributed by atoms with Crippen molar-refractivity contribution in [2.45, 2.75) is 20.4 Å². The van der Waals surface area contributed by atoms with E-state index in [1.165, 1.54) is 11.8 Å². The number of diazo groups is 1. The number of benzene rings is 2. The van der Waals surface area contributed by atoms with Crippen LogP contribution in [0.4, 0.5) is 5.69 Å². The maximum absolute atomic E-state index is 12.8. The molecule has 0 unspecified atom stereocenters. The van der Waals surface area contributed by atoms with Crippen LogP contribution < -0.4 is 9.64 Å². The number of anilines is 1. The smallest absolute Gasteiger partial charge is 0.485 e. The number of hydrogen-bond acceptors (Lipinski definition) is 4. The van der Waals surface area contributed by atoms with Gasteiger partial charge in [0, 0.05) is 12.6 Å². The molecule has 128 valence electrons. The summed E-state index contributed by atoms with van der Waals surface area (Å²) in [6, 6.07) is 16.4. The number of aliphatic hydroxyl groups is 1. The monoisotopic (exact) mass is 338 g/mol. The highest BCUT2D eigenvalue weighted by Gasteiger charge is 2.33. The molecule has 0 heterocycles. The van der Waals surface area contributed by atoms with Crippen molar-refractivity contribution in [2.24, 2.45) is 0 Å². The first-order valence-electron chi connectivity index (χ1n) is 7.90. The molecule has 0 aliphatic carbocycles. The van der Waals surface area contributed by atoms with Crippen LogP contribution in [0.25, 0.3) is 4.98 Å². The number of aliphatic hydroxyl groups excluding tert-OH is 1. The highest BCUT2D eigenvalue weighted by Crippen LogP contribution is 2.24. The van der Waals surface area contributed by atoms with E-state index >= 15 is 0 Å². The molecule has 0 aromatic heterocycles. The SMILES string of the molecule is CCOc1ccc(N(Cc2ccccc2)C(=O)/C([N+]#N)=C(/C)O)cc1. The van der Waals surface area contributed by atoms with Crippen LogP contribution in [0.5, 0.6) is 5.75 Å². The number of ether oxygens (including phenoxy) is 1. The molecule has 0 aliphatic rings. The van der Waals surface area contributed by atoms with Gasteiger partial charge < -0.3 is 9.84 Å². The topological polar surface area (TPSA) is 77.9 Å². The van der Waals surface area contributed by atoms with E-state index in [1.54, 1.807) is 24.3 Å². The van der Waals surface area contributed by atoms with Gasteiger partial charge in [0.05, 0.1) is 13.2 Å². The van der Waals surface area contributed by atoms with E-state index in [9.17, 15) is 9.90 Å². The lowest BCUT2D eigenvalue weighted by Gasteiger charge is -2.20. The van der Waals surface area contributed by atoms with E-state index in [-0.39, 0.29) is 12.3 Å². The van der Waals surface area contributed by atoms with Crippen molar-refractivity contribution in [3.8, 4) is 5.75 Å². The summed E-state index contributed by atoms with van der Waals surface area (Å²) in [7, 11) is 0. The van der Waals surface area contributed by atoms with Gasteiger partial charge in [-0.1, -0.05) is 30.3 Å². The Bertz CT molecular complexity index is 789. The zero-order valence-corrected chi connectivity index (χ0v) is 14.2. The van der Waals surface area contributed by atoms with Crippen LogP contribution in [-0.2, 0) is 11.3 Å². The second-order valence-electron chi connectivity index (χ2n) is 5.34. The Morgan fingerprint density at radius 3 is 2.32 bits per heavy atom. The Kier molecular flexibility index (Phi) is 6.13. The maximum Gasteiger partial charge on any atom is 0.485 e. The summed E-state index contributed by atoms with van der Waals surface area (Å²) in [6.07, 6.45) is 0. The minimum atomic E-state index is -0.601. The Labute approximate surface area is 146 Å². The molecule has 0 saturated carbocycles. The van der Waals surface area contributed by atoms with Gasteiger partial charge in [0.2, 0.25) is 5.39 Å². The van der Waals surface area contributed by atoms with Gasteiger partial charge in [-0.15, -0.1) is 0 Å². The van der Waals surface area contributed by atoms with Gasteiger partial charge >= 0.3 is 11.6 Å². The number of allylic oxidation sites excluding steroid dienone is 1. The van der Waals surface area contributed by atoms with Crippen molar-refractivity contribution in [1.29, 1.82) is 5.39 Å². The largest absolute Gasteiger partial charge is 0.505 e. The molecule has 0 saturated heterocycles. The van der Waals surface area contributed by atoms with Gasteiger partial charge in [0.15, 0.2) is 10.7 Å². The predicted molar refractivity (Wildman–Crippen MR) is 95.7 cm³/mol. The Hall–Kier alpha value is -3.33. The van der Waals surface area contributed by atoms with E-state index in [0.29, 0.717) is 18.0 Å². The average molecular weight is 338 g/mol. The number of hydrogen-bond donors (Lipinski definition) is 1. The predicted octanol–water partition coefficient (Wildman–Crippen LogP) is 4.26. The quantitative estimate of drug-likeness (QED) is 0.485. The first-order chi connectivity index (χ1) is 12.1. The number of nitrogens with zero attached hydrogens (tertiary/aromatic N) is 3. The lowest BCUT2D eigenvalue weighted by Crippen LogP contribution is -2.31. The molecule has 0 radical (unpaired) electrons. The number of carbonyl (C=O) groups is 1. The summed E-state index contributed by atoms with van der Waals surface area (Å²) in [5.74, 6) is -0.258. The lowest BCUT2D eigenvalue weighted by molar-refractivity contribution is -0.115. The first kappa shape index (κ1) is 18.0. The summed E-state index contributed by atoms with van der Waals surface area (Å²) in [5.41, 5.74) is 1.10. The van der Waals surface area contributed by atoms with Crippen LogP contribution in [-0.4, -0.2) is 17.6 Å². The number of amides is 1. The molecule has 0 fully saturated rings. The zero-order valence-electron chi connectivity index (χ0n) is 14.2. The highest BCUT2D eigenvalue weighted by molar-refractivity contribution is 6.06. The van der Waals surface area contributed by atoms with E-state index < -0.39 is 11.6 Å². The van der Waals surface area contributed by atoms with Crippen LogP contribution in [0.1, 0.15) is 19.4 Å². The molecular weight excluding hydrogens is 318 g/mol. The van der Waals surface area contributed by atoms with Crippen molar-refractivity contribution in [2.75, 3.05) is 11.5 Å². The third-order valence-corrected chi connectivity index (χ3v) is 3.53. The van der Waals surface area contributed by atoms with Gasteiger partial charge in [0.25, 0.3) is 0 Å². The van der Waals surface area contributed by atoms with Gasteiger partial charge in [0.1, 0.15) is 5.75 Å². The van der Waals surface area contributed by atoms with Crippen molar-refractivity contribution < 1.29 is 14.6 Å². The van der Waals surface area contributed by atoms with Crippen molar-refractivity contribution >= 4 is 11.6 Å². The first-order valence-corrected chi connectivity index (χ1v) is 7.90. The van der Waals surface area contributed by atoms with Gasteiger partial charge in [-0.3, -0.25) is 9.69 Å². The minimum Gasteiger partial charge on any atom is -0.505 e. The molecule has 2 aromatic carbocycles. The molecule has 6 nitrogen and oxygen atoms in total. The summed E-state index contributed by atoms with van der Waals surface area (Å²) >= 11 is 0. The van der Waals surface area contributed by atoms with Crippen molar-refractivity contribution in [3.05, 3.63) is 76.6 Å². The van der Waals surface area contributed by atoms with Crippen molar-refractivity contribution in [3.63, 3.8) is 0 Å². The zero-order chi connectivity index (χ0) is 18.2. The Morgan fingerprint density at radius 1 is 1.16 bits per heavy atom. The number of rotatable bonds is 6. The van der Waals surface area contributed by atoms with E-state index in [2.05, 4.69) is 4.98 Å². The summed E-state index contributed by atoms with van der Waals surface area (Å²) in [6.45, 7) is 4.00. The molecule has 0 bridgehead atoms. The third kappa shape index (κ3) is 4.58. The molecule has 1 amide bonds. The molecule has 1 N–H and O–H groups in total. The second kappa shape index (κ2) is 8.50. The van der Waals surface area contributed by atoms with Crippen LogP contribution in [0.15, 0.2) is 66.1 Å². The van der Waals surface area contributed by atoms with Crippen LogP contribution >= 0.6 is 0 Å². The molecular formula is C19H20N3O3+. The van der Waals surface area contributed by atoms with Crippen LogP contribution in [0, 0.1) is 5.39 Å². The lowest BCUT2D eigenvalue weighted by atomic mass is 10.1. The van der Waals surface area contributed by atoms with E-state index in [1.807, 2.05) is 37.3 Å². The third-order valence-electron chi connectivity index (χ3n) is 3.53. The fourth-order valence-corrected chi connectivity index (χ4v) is 2.33. The van der Waals surface area contributed by atoms with Crippen LogP contribution in [0.2, 0.25) is 0 Å². The highest BCUT2D eigenvalue weighted by atomic mass is 16.5. The maximum atomic E-state index is 12.8. The summed E-state index contributed by atoms with van der Waals surface area (Å²) < 4.78 is 5.41. The molecule has 2 aromatic rings. The van der Waals surface area contributed by atoms with Gasteiger partial charge in [-0.2, -0.15) is 0 Å². The standard InChI is InChI=1S/C19H19N3O3/c1-3-25-17-11-9-16(10-12-17)22(13-15-7-5-4-6-8-15)19(24)18(21-20)14(2)23/h4-12H,3,13H2,1-2H3/p+1. The molecule has 25 heavy (non-hydrogen) atoms.